The van der Waals surface area contributed by atoms with E-state index < -0.39 is 0 Å². The van der Waals surface area contributed by atoms with E-state index in [-0.39, 0.29) is 17.9 Å². The average molecular weight is 268 g/mol. The zero-order chi connectivity index (χ0) is 14.1. The summed E-state index contributed by atoms with van der Waals surface area (Å²) < 4.78 is 0. The van der Waals surface area contributed by atoms with Crippen LogP contribution in [0.4, 0.5) is 0 Å². The molecule has 3 unspecified atom stereocenters. The molecule has 1 aliphatic carbocycles. The predicted octanol–water partition coefficient (Wildman–Crippen LogP) is 3.23. The summed E-state index contributed by atoms with van der Waals surface area (Å²) in [6.07, 6.45) is 10.8. The highest BCUT2D eigenvalue weighted by Crippen LogP contribution is 2.28. The maximum atomic E-state index is 12.1. The number of carbonyl (C=O) groups excluding carboxylic acids is 1. The van der Waals surface area contributed by atoms with Gasteiger partial charge in [-0.15, -0.1) is 0 Å². The summed E-state index contributed by atoms with van der Waals surface area (Å²) in [7, 11) is 0. The van der Waals surface area contributed by atoms with E-state index in [1.807, 2.05) is 0 Å². The van der Waals surface area contributed by atoms with Gasteiger partial charge in [-0.2, -0.15) is 0 Å². The third kappa shape index (κ3) is 5.94. The van der Waals surface area contributed by atoms with Gasteiger partial charge < -0.3 is 11.1 Å². The van der Waals surface area contributed by atoms with Gasteiger partial charge in [0.1, 0.15) is 0 Å². The maximum Gasteiger partial charge on any atom is 0.223 e. The first-order valence-corrected chi connectivity index (χ1v) is 8.20. The van der Waals surface area contributed by atoms with E-state index in [4.69, 9.17) is 5.73 Å². The largest absolute Gasteiger partial charge is 0.356 e. The molecule has 0 saturated heterocycles. The van der Waals surface area contributed by atoms with Crippen molar-refractivity contribution in [2.24, 2.45) is 17.6 Å². The molecule has 3 nitrogen and oxygen atoms in total. The van der Waals surface area contributed by atoms with Gasteiger partial charge in [-0.1, -0.05) is 52.4 Å². The van der Waals surface area contributed by atoms with Crippen LogP contribution < -0.4 is 11.1 Å². The fraction of sp³-hybridized carbons (Fsp3) is 0.938. The Labute approximate surface area is 118 Å². The van der Waals surface area contributed by atoms with Crippen molar-refractivity contribution in [3.05, 3.63) is 0 Å². The number of unbranched alkanes of at least 4 members (excludes halogenated alkanes) is 5. The van der Waals surface area contributed by atoms with Gasteiger partial charge in [-0.3, -0.25) is 4.79 Å². The number of nitrogens with two attached hydrogens (primary N) is 1. The van der Waals surface area contributed by atoms with E-state index in [1.165, 1.54) is 32.1 Å². The maximum absolute atomic E-state index is 12.1. The highest BCUT2D eigenvalue weighted by atomic mass is 16.1. The molecule has 0 aliphatic heterocycles. The smallest absolute Gasteiger partial charge is 0.223 e. The van der Waals surface area contributed by atoms with Crippen molar-refractivity contribution in [2.45, 2.75) is 77.7 Å². The zero-order valence-corrected chi connectivity index (χ0v) is 12.8. The Morgan fingerprint density at radius 2 is 1.84 bits per heavy atom. The molecule has 1 aliphatic rings. The third-order valence-corrected chi connectivity index (χ3v) is 4.53. The van der Waals surface area contributed by atoms with E-state index in [0.717, 1.165) is 32.2 Å². The minimum Gasteiger partial charge on any atom is -0.356 e. The molecule has 1 saturated carbocycles. The monoisotopic (exact) mass is 268 g/mol. The molecule has 3 heteroatoms. The Morgan fingerprint density at radius 3 is 2.58 bits per heavy atom. The van der Waals surface area contributed by atoms with Crippen LogP contribution in [0.2, 0.25) is 0 Å². The van der Waals surface area contributed by atoms with Gasteiger partial charge in [0.05, 0.1) is 0 Å². The summed E-state index contributed by atoms with van der Waals surface area (Å²) in [6.45, 7) is 5.19. The molecule has 1 rings (SSSR count). The Hall–Kier alpha value is -0.570. The average Bonchev–Trinajstić information content (AvgIpc) is 2.40. The molecule has 1 amide bonds. The van der Waals surface area contributed by atoms with Crippen molar-refractivity contribution in [3.8, 4) is 0 Å². The molecule has 0 aromatic carbocycles. The SMILES string of the molecule is CCCCCCCCNC(=O)C1CCCC(N)C1C. The van der Waals surface area contributed by atoms with Gasteiger partial charge in [0, 0.05) is 18.5 Å². The molecular formula is C16H32N2O. The predicted molar refractivity (Wildman–Crippen MR) is 80.9 cm³/mol. The van der Waals surface area contributed by atoms with Crippen LogP contribution in [-0.2, 0) is 4.79 Å². The lowest BCUT2D eigenvalue weighted by Gasteiger charge is -2.32. The van der Waals surface area contributed by atoms with Gasteiger partial charge >= 0.3 is 0 Å². The van der Waals surface area contributed by atoms with Crippen molar-refractivity contribution in [3.63, 3.8) is 0 Å². The summed E-state index contributed by atoms with van der Waals surface area (Å²) in [5, 5.41) is 3.10. The first kappa shape index (κ1) is 16.5. The Kier molecular flexibility index (Phi) is 8.11. The highest BCUT2D eigenvalue weighted by Gasteiger charge is 2.32. The molecule has 3 atom stereocenters. The van der Waals surface area contributed by atoms with Crippen LogP contribution in [0.5, 0.6) is 0 Å². The third-order valence-electron chi connectivity index (χ3n) is 4.53. The van der Waals surface area contributed by atoms with Crippen LogP contribution in [0.15, 0.2) is 0 Å². The number of amides is 1. The fourth-order valence-corrected chi connectivity index (χ4v) is 3.02. The molecule has 112 valence electrons. The van der Waals surface area contributed by atoms with E-state index in [0.29, 0.717) is 5.92 Å². The van der Waals surface area contributed by atoms with Crippen molar-refractivity contribution in [2.75, 3.05) is 6.54 Å². The van der Waals surface area contributed by atoms with Gasteiger partial charge in [-0.25, -0.2) is 0 Å². The second-order valence-electron chi connectivity index (χ2n) is 6.12. The summed E-state index contributed by atoms with van der Waals surface area (Å²) in [4.78, 5) is 12.1. The first-order chi connectivity index (χ1) is 9.16. The van der Waals surface area contributed by atoms with Crippen LogP contribution >= 0.6 is 0 Å². The minimum atomic E-state index is 0.142. The molecule has 0 aromatic rings. The molecule has 0 bridgehead atoms. The van der Waals surface area contributed by atoms with E-state index in [1.54, 1.807) is 0 Å². The van der Waals surface area contributed by atoms with Crippen molar-refractivity contribution >= 4 is 5.91 Å². The van der Waals surface area contributed by atoms with Crippen LogP contribution in [0, 0.1) is 11.8 Å². The van der Waals surface area contributed by atoms with Crippen molar-refractivity contribution in [1.82, 2.24) is 5.32 Å². The normalized spacial score (nSPS) is 27.2. The van der Waals surface area contributed by atoms with Gasteiger partial charge in [0.25, 0.3) is 0 Å². The number of nitrogens with one attached hydrogen (secondary N) is 1. The van der Waals surface area contributed by atoms with E-state index >= 15 is 0 Å². The summed E-state index contributed by atoms with van der Waals surface area (Å²) in [5.74, 6) is 0.707. The standard InChI is InChI=1S/C16H32N2O/c1-3-4-5-6-7-8-12-18-16(19)14-10-9-11-15(17)13(14)2/h13-15H,3-12,17H2,1-2H3,(H,18,19). The Bertz CT molecular complexity index is 255. The molecular weight excluding hydrogens is 236 g/mol. The topological polar surface area (TPSA) is 55.1 Å². The lowest BCUT2D eigenvalue weighted by Crippen LogP contribution is -2.44. The lowest BCUT2D eigenvalue weighted by molar-refractivity contribution is -0.127. The summed E-state index contributed by atoms with van der Waals surface area (Å²) in [6, 6.07) is 0.207. The van der Waals surface area contributed by atoms with Crippen molar-refractivity contribution < 1.29 is 4.79 Å². The first-order valence-electron chi connectivity index (χ1n) is 8.20. The fourth-order valence-electron chi connectivity index (χ4n) is 3.02. The molecule has 0 spiro atoms. The highest BCUT2D eigenvalue weighted by molar-refractivity contribution is 5.79. The lowest BCUT2D eigenvalue weighted by atomic mass is 9.77. The van der Waals surface area contributed by atoms with E-state index in [2.05, 4.69) is 19.2 Å². The number of hydrogen-bond acceptors (Lipinski definition) is 2. The molecule has 0 aromatic heterocycles. The number of rotatable bonds is 8. The summed E-state index contributed by atoms with van der Waals surface area (Å²) in [5.41, 5.74) is 6.05. The zero-order valence-electron chi connectivity index (χ0n) is 12.8. The molecule has 3 N–H and O–H groups in total. The molecule has 0 radical (unpaired) electrons. The Morgan fingerprint density at radius 1 is 1.16 bits per heavy atom. The van der Waals surface area contributed by atoms with Gasteiger partial charge in [0.2, 0.25) is 5.91 Å². The number of carbonyl (C=O) groups is 1. The van der Waals surface area contributed by atoms with Crippen molar-refractivity contribution in [1.29, 1.82) is 0 Å². The van der Waals surface area contributed by atoms with Crippen LogP contribution in [0.1, 0.15) is 71.6 Å². The molecule has 0 heterocycles. The quantitative estimate of drug-likeness (QED) is 0.664. The number of hydrogen-bond donors (Lipinski definition) is 2. The second-order valence-corrected chi connectivity index (χ2v) is 6.12. The second kappa shape index (κ2) is 9.35. The molecule has 19 heavy (non-hydrogen) atoms. The molecule has 1 fully saturated rings. The minimum absolute atomic E-state index is 0.142. The van der Waals surface area contributed by atoms with Crippen LogP contribution in [0.25, 0.3) is 0 Å². The van der Waals surface area contributed by atoms with Gasteiger partial charge in [0.15, 0.2) is 0 Å². The van der Waals surface area contributed by atoms with Gasteiger partial charge in [-0.05, 0) is 25.2 Å². The van der Waals surface area contributed by atoms with Crippen LogP contribution in [-0.4, -0.2) is 18.5 Å². The van der Waals surface area contributed by atoms with E-state index in [9.17, 15) is 4.79 Å². The summed E-state index contributed by atoms with van der Waals surface area (Å²) >= 11 is 0. The van der Waals surface area contributed by atoms with Crippen LogP contribution in [0.3, 0.4) is 0 Å². The Balaban J connectivity index is 2.10.